The summed E-state index contributed by atoms with van der Waals surface area (Å²) < 4.78 is 10.6. The molecule has 1 aliphatic rings. The van der Waals surface area contributed by atoms with Gasteiger partial charge in [-0.05, 0) is 44.1 Å². The van der Waals surface area contributed by atoms with Crippen LogP contribution in [0.25, 0.3) is 0 Å². The molecule has 1 aliphatic heterocycles. The molecule has 0 saturated carbocycles. The number of nitrogens with zero attached hydrogens (tertiary/aromatic N) is 4. The van der Waals surface area contributed by atoms with E-state index < -0.39 is 0 Å². The molecule has 0 amide bonds. The minimum Gasteiger partial charge on any atom is -0.399 e. The number of anilines is 1. The topological polar surface area (TPSA) is 80.7 Å². The molecular weight excluding hydrogens is 318 g/mol. The third-order valence-electron chi connectivity index (χ3n) is 4.60. The second-order valence-corrected chi connectivity index (χ2v) is 6.58. The highest BCUT2D eigenvalue weighted by Crippen LogP contribution is 2.15. The quantitative estimate of drug-likeness (QED) is 0.803. The van der Waals surface area contributed by atoms with Crippen LogP contribution in [0.4, 0.5) is 5.69 Å². The zero-order chi connectivity index (χ0) is 17.6. The van der Waals surface area contributed by atoms with Gasteiger partial charge in [0, 0.05) is 32.4 Å². The number of aromatic nitrogens is 2. The van der Waals surface area contributed by atoms with Crippen LogP contribution in [0, 0.1) is 0 Å². The number of ether oxygens (including phenoxy) is 1. The first kappa shape index (κ1) is 17.8. The van der Waals surface area contributed by atoms with Gasteiger partial charge in [-0.1, -0.05) is 17.3 Å². The van der Waals surface area contributed by atoms with Gasteiger partial charge in [-0.15, -0.1) is 0 Å². The van der Waals surface area contributed by atoms with Crippen molar-refractivity contribution in [2.45, 2.75) is 32.5 Å². The molecule has 2 aromatic rings. The van der Waals surface area contributed by atoms with E-state index in [1.54, 1.807) is 7.11 Å². The van der Waals surface area contributed by atoms with E-state index in [1.807, 2.05) is 19.1 Å². The van der Waals surface area contributed by atoms with Gasteiger partial charge < -0.3 is 15.0 Å². The summed E-state index contributed by atoms with van der Waals surface area (Å²) in [5.41, 5.74) is 7.97. The SMILES string of the molecule is COC(C)c1noc(CN2CCCN(Cc3cccc(N)c3)CC2)n1. The molecule has 7 nitrogen and oxygen atoms in total. The van der Waals surface area contributed by atoms with Crippen molar-refractivity contribution in [3.63, 3.8) is 0 Å². The average Bonchev–Trinajstić information content (AvgIpc) is 2.96. The maximum Gasteiger partial charge on any atom is 0.240 e. The highest BCUT2D eigenvalue weighted by atomic mass is 16.5. The van der Waals surface area contributed by atoms with Crippen LogP contribution in [0.5, 0.6) is 0 Å². The number of benzene rings is 1. The van der Waals surface area contributed by atoms with Gasteiger partial charge in [0.1, 0.15) is 6.10 Å². The van der Waals surface area contributed by atoms with Gasteiger partial charge in [-0.2, -0.15) is 4.98 Å². The summed E-state index contributed by atoms with van der Waals surface area (Å²) in [6.45, 7) is 7.66. The van der Waals surface area contributed by atoms with Crippen LogP contribution < -0.4 is 5.73 Å². The molecule has 1 aromatic heterocycles. The van der Waals surface area contributed by atoms with E-state index in [1.165, 1.54) is 5.56 Å². The molecule has 0 bridgehead atoms. The summed E-state index contributed by atoms with van der Waals surface area (Å²) in [7, 11) is 1.64. The minimum absolute atomic E-state index is 0.143. The van der Waals surface area contributed by atoms with E-state index in [0.29, 0.717) is 18.3 Å². The van der Waals surface area contributed by atoms with Crippen LogP contribution >= 0.6 is 0 Å². The summed E-state index contributed by atoms with van der Waals surface area (Å²) in [5, 5.41) is 3.99. The van der Waals surface area contributed by atoms with Crippen molar-refractivity contribution in [2.75, 3.05) is 39.0 Å². The standard InChI is InChI=1S/C18H27N5O2/c1-14(24-2)18-20-17(25-21-18)13-23-8-4-7-22(9-10-23)12-15-5-3-6-16(19)11-15/h3,5-6,11,14H,4,7-10,12-13,19H2,1-2H3. The van der Waals surface area contributed by atoms with Crippen molar-refractivity contribution in [3.05, 3.63) is 41.5 Å². The monoisotopic (exact) mass is 345 g/mol. The Bertz CT molecular complexity index is 675. The smallest absolute Gasteiger partial charge is 0.240 e. The fourth-order valence-electron chi connectivity index (χ4n) is 3.08. The highest BCUT2D eigenvalue weighted by Gasteiger charge is 2.19. The summed E-state index contributed by atoms with van der Waals surface area (Å²) in [5.74, 6) is 1.26. The van der Waals surface area contributed by atoms with E-state index in [4.69, 9.17) is 15.0 Å². The van der Waals surface area contributed by atoms with Crippen molar-refractivity contribution in [3.8, 4) is 0 Å². The van der Waals surface area contributed by atoms with Crippen LogP contribution in [0.15, 0.2) is 28.8 Å². The molecule has 3 rings (SSSR count). The van der Waals surface area contributed by atoms with Gasteiger partial charge in [-0.3, -0.25) is 9.80 Å². The lowest BCUT2D eigenvalue weighted by Gasteiger charge is -2.21. The van der Waals surface area contributed by atoms with Gasteiger partial charge in [0.15, 0.2) is 5.82 Å². The first-order chi connectivity index (χ1) is 12.1. The Kier molecular flexibility index (Phi) is 6.01. The van der Waals surface area contributed by atoms with E-state index in [-0.39, 0.29) is 6.10 Å². The average molecular weight is 345 g/mol. The molecule has 0 aliphatic carbocycles. The zero-order valence-electron chi connectivity index (χ0n) is 15.0. The Labute approximate surface area is 148 Å². The Morgan fingerprint density at radius 3 is 2.68 bits per heavy atom. The Balaban J connectivity index is 1.52. The van der Waals surface area contributed by atoms with Crippen molar-refractivity contribution >= 4 is 5.69 Å². The Hall–Kier alpha value is -1.96. The third-order valence-corrected chi connectivity index (χ3v) is 4.60. The fourth-order valence-corrected chi connectivity index (χ4v) is 3.08. The molecule has 2 N–H and O–H groups in total. The Morgan fingerprint density at radius 1 is 1.20 bits per heavy atom. The van der Waals surface area contributed by atoms with Gasteiger partial charge in [-0.25, -0.2) is 0 Å². The number of nitrogen functional groups attached to an aromatic ring is 1. The van der Waals surface area contributed by atoms with E-state index in [2.05, 4.69) is 32.1 Å². The Morgan fingerprint density at radius 2 is 1.96 bits per heavy atom. The highest BCUT2D eigenvalue weighted by molar-refractivity contribution is 5.40. The van der Waals surface area contributed by atoms with Crippen LogP contribution in [0.1, 0.15) is 36.7 Å². The second-order valence-electron chi connectivity index (χ2n) is 6.58. The summed E-state index contributed by atoms with van der Waals surface area (Å²) in [4.78, 5) is 9.27. The lowest BCUT2D eigenvalue weighted by atomic mass is 10.2. The molecule has 1 aromatic carbocycles. The van der Waals surface area contributed by atoms with E-state index >= 15 is 0 Å². The van der Waals surface area contributed by atoms with Crippen LogP contribution in [0.3, 0.4) is 0 Å². The number of rotatable bonds is 6. The van der Waals surface area contributed by atoms with Gasteiger partial charge in [0.25, 0.3) is 0 Å². The van der Waals surface area contributed by atoms with Crippen molar-refractivity contribution in [1.29, 1.82) is 0 Å². The van der Waals surface area contributed by atoms with Crippen molar-refractivity contribution in [1.82, 2.24) is 19.9 Å². The van der Waals surface area contributed by atoms with E-state index in [9.17, 15) is 0 Å². The fraction of sp³-hybridized carbons (Fsp3) is 0.556. The molecule has 136 valence electrons. The van der Waals surface area contributed by atoms with Crippen LogP contribution in [-0.2, 0) is 17.8 Å². The summed E-state index contributed by atoms with van der Waals surface area (Å²) >= 11 is 0. The molecule has 25 heavy (non-hydrogen) atoms. The number of methoxy groups -OCH3 is 1. The van der Waals surface area contributed by atoms with Crippen LogP contribution in [0.2, 0.25) is 0 Å². The van der Waals surface area contributed by atoms with Gasteiger partial charge in [0.05, 0.1) is 6.54 Å². The number of hydrogen-bond donors (Lipinski definition) is 1. The second kappa shape index (κ2) is 8.42. The van der Waals surface area contributed by atoms with Crippen LogP contribution in [-0.4, -0.2) is 53.2 Å². The largest absolute Gasteiger partial charge is 0.399 e. The third kappa shape index (κ3) is 5.01. The van der Waals surface area contributed by atoms with Crippen molar-refractivity contribution in [2.24, 2.45) is 0 Å². The molecule has 0 radical (unpaired) electrons. The zero-order valence-corrected chi connectivity index (χ0v) is 15.0. The number of hydrogen-bond acceptors (Lipinski definition) is 7. The maximum absolute atomic E-state index is 5.88. The molecule has 1 saturated heterocycles. The van der Waals surface area contributed by atoms with E-state index in [0.717, 1.165) is 44.8 Å². The minimum atomic E-state index is -0.143. The molecule has 7 heteroatoms. The number of nitrogens with two attached hydrogens (primary N) is 1. The molecule has 1 unspecified atom stereocenters. The predicted octanol–water partition coefficient (Wildman–Crippen LogP) is 2.07. The molecule has 2 heterocycles. The first-order valence-electron chi connectivity index (χ1n) is 8.78. The predicted molar refractivity (Wildman–Crippen MR) is 95.7 cm³/mol. The molecule has 1 atom stereocenters. The molecular formula is C18H27N5O2. The van der Waals surface area contributed by atoms with Crippen molar-refractivity contribution < 1.29 is 9.26 Å². The van der Waals surface area contributed by atoms with Gasteiger partial charge >= 0.3 is 0 Å². The summed E-state index contributed by atoms with van der Waals surface area (Å²) in [6.07, 6.45) is 0.980. The normalized spacial score (nSPS) is 18.2. The maximum atomic E-state index is 5.88. The lowest BCUT2D eigenvalue weighted by Crippen LogP contribution is -2.30. The summed E-state index contributed by atoms with van der Waals surface area (Å²) in [6, 6.07) is 8.13. The van der Waals surface area contributed by atoms with Gasteiger partial charge in [0.2, 0.25) is 5.89 Å². The lowest BCUT2D eigenvalue weighted by molar-refractivity contribution is 0.109. The first-order valence-corrected chi connectivity index (χ1v) is 8.78. The molecule has 1 fully saturated rings. The molecule has 0 spiro atoms.